The Kier molecular flexibility index (Phi) is 3.62. The first-order valence-electron chi connectivity index (χ1n) is 5.61. The van der Waals surface area contributed by atoms with Crippen LogP contribution in [0.25, 0.3) is 5.69 Å². The summed E-state index contributed by atoms with van der Waals surface area (Å²) in [6, 6.07) is 7.92. The molecule has 5 nitrogen and oxygen atoms in total. The molecule has 1 aromatic heterocycles. The Hall–Kier alpha value is -2.30. The van der Waals surface area contributed by atoms with E-state index in [2.05, 4.69) is 5.10 Å². The van der Waals surface area contributed by atoms with Crippen LogP contribution >= 0.6 is 0 Å². The molecule has 0 aliphatic carbocycles. The summed E-state index contributed by atoms with van der Waals surface area (Å²) in [6.07, 6.45) is 3.29. The van der Waals surface area contributed by atoms with Gasteiger partial charge in [-0.1, -0.05) is 12.1 Å². The van der Waals surface area contributed by atoms with Gasteiger partial charge in [0.25, 0.3) is 0 Å². The molecule has 1 aromatic carbocycles. The second-order valence-corrected chi connectivity index (χ2v) is 3.95. The average Bonchev–Trinajstić information content (AvgIpc) is 2.77. The van der Waals surface area contributed by atoms with Crippen molar-refractivity contribution >= 4 is 5.97 Å². The van der Waals surface area contributed by atoms with Gasteiger partial charge in [0.15, 0.2) is 5.75 Å². The summed E-state index contributed by atoms with van der Waals surface area (Å²) in [4.78, 5) is 10.4. The van der Waals surface area contributed by atoms with Crippen molar-refractivity contribution in [3.63, 3.8) is 0 Å². The first-order chi connectivity index (χ1) is 8.65. The Labute approximate surface area is 105 Å². The van der Waals surface area contributed by atoms with E-state index in [1.165, 1.54) is 0 Å². The molecule has 0 fully saturated rings. The highest BCUT2D eigenvalue weighted by Gasteiger charge is 2.03. The summed E-state index contributed by atoms with van der Waals surface area (Å²) in [5, 5.41) is 12.7. The van der Waals surface area contributed by atoms with Gasteiger partial charge in [-0.2, -0.15) is 5.10 Å². The molecule has 0 bridgehead atoms. The third-order valence-electron chi connectivity index (χ3n) is 2.41. The van der Waals surface area contributed by atoms with E-state index in [4.69, 9.17) is 9.84 Å². The van der Waals surface area contributed by atoms with Crippen molar-refractivity contribution < 1.29 is 14.6 Å². The molecule has 18 heavy (non-hydrogen) atoms. The van der Waals surface area contributed by atoms with Crippen LogP contribution < -0.4 is 4.74 Å². The third kappa shape index (κ3) is 3.10. The molecular formula is C13H14N2O3. The molecule has 0 atom stereocenters. The maximum absolute atomic E-state index is 10.4. The lowest BCUT2D eigenvalue weighted by atomic mass is 10.2. The predicted octanol–water partition coefficient (Wildman–Crippen LogP) is 2.03. The quantitative estimate of drug-likeness (QED) is 0.876. The molecule has 0 aliphatic heterocycles. The number of carbonyl (C=O) groups is 1. The number of carboxylic acid groups (broad SMARTS) is 1. The summed E-state index contributed by atoms with van der Waals surface area (Å²) >= 11 is 0. The van der Waals surface area contributed by atoms with E-state index in [0.29, 0.717) is 5.75 Å². The molecule has 0 spiro atoms. The van der Waals surface area contributed by atoms with Gasteiger partial charge in [0.1, 0.15) is 0 Å². The van der Waals surface area contributed by atoms with E-state index < -0.39 is 5.97 Å². The molecule has 0 aliphatic rings. The fraction of sp³-hybridized carbons (Fsp3) is 0.231. The predicted molar refractivity (Wildman–Crippen MR) is 66.0 cm³/mol. The molecule has 1 N–H and O–H groups in total. The van der Waals surface area contributed by atoms with Gasteiger partial charge in [-0.15, -0.1) is 0 Å². The van der Waals surface area contributed by atoms with E-state index in [1.54, 1.807) is 17.1 Å². The van der Waals surface area contributed by atoms with Crippen LogP contribution in [0.3, 0.4) is 0 Å². The van der Waals surface area contributed by atoms with E-state index in [-0.39, 0.29) is 13.0 Å². The van der Waals surface area contributed by atoms with Crippen LogP contribution in [0.15, 0.2) is 36.7 Å². The van der Waals surface area contributed by atoms with E-state index in [1.807, 2.05) is 31.2 Å². The van der Waals surface area contributed by atoms with Gasteiger partial charge in [-0.05, 0) is 24.6 Å². The van der Waals surface area contributed by atoms with Crippen molar-refractivity contribution in [3.05, 3.63) is 42.2 Å². The highest BCUT2D eigenvalue weighted by molar-refractivity contribution is 5.66. The van der Waals surface area contributed by atoms with E-state index in [9.17, 15) is 4.79 Å². The Morgan fingerprint density at radius 2 is 2.33 bits per heavy atom. The lowest BCUT2D eigenvalue weighted by molar-refractivity contribution is -0.137. The van der Waals surface area contributed by atoms with Crippen LogP contribution in [-0.4, -0.2) is 27.5 Å². The molecule has 2 rings (SSSR count). The van der Waals surface area contributed by atoms with Crippen molar-refractivity contribution in [3.8, 4) is 11.4 Å². The molecule has 0 radical (unpaired) electrons. The zero-order chi connectivity index (χ0) is 13.0. The lowest BCUT2D eigenvalue weighted by Crippen LogP contribution is -2.04. The molecule has 5 heteroatoms. The average molecular weight is 246 g/mol. The van der Waals surface area contributed by atoms with Gasteiger partial charge in [-0.3, -0.25) is 4.79 Å². The Bertz CT molecular complexity index is 549. The molecule has 94 valence electrons. The molecule has 0 saturated heterocycles. The summed E-state index contributed by atoms with van der Waals surface area (Å²) in [7, 11) is 0. The Morgan fingerprint density at radius 3 is 3.06 bits per heavy atom. The minimum atomic E-state index is -0.874. The third-order valence-corrected chi connectivity index (χ3v) is 2.41. The number of hydrogen-bond acceptors (Lipinski definition) is 3. The second-order valence-electron chi connectivity index (χ2n) is 3.95. The fourth-order valence-electron chi connectivity index (χ4n) is 1.55. The number of nitrogens with zero attached hydrogens (tertiary/aromatic N) is 2. The molecule has 2 aromatic rings. The van der Waals surface area contributed by atoms with Crippen LogP contribution in [0.1, 0.15) is 12.0 Å². The number of hydrogen-bond donors (Lipinski definition) is 1. The number of aromatic nitrogens is 2. The van der Waals surface area contributed by atoms with Crippen LogP contribution in [0.2, 0.25) is 0 Å². The largest absolute Gasteiger partial charge is 0.490 e. The van der Waals surface area contributed by atoms with E-state index >= 15 is 0 Å². The Morgan fingerprint density at radius 1 is 1.50 bits per heavy atom. The SMILES string of the molecule is Cc1cccc(-n2cc(OCCC(=O)O)cn2)c1. The highest BCUT2D eigenvalue weighted by atomic mass is 16.5. The van der Waals surface area contributed by atoms with Crippen LogP contribution in [0.5, 0.6) is 5.75 Å². The molecule has 1 heterocycles. The Balaban J connectivity index is 2.04. The molecule has 0 saturated carbocycles. The zero-order valence-corrected chi connectivity index (χ0v) is 10.0. The summed E-state index contributed by atoms with van der Waals surface area (Å²) < 4.78 is 6.98. The van der Waals surface area contributed by atoms with Crippen LogP contribution in [-0.2, 0) is 4.79 Å². The second kappa shape index (κ2) is 5.35. The monoisotopic (exact) mass is 246 g/mol. The van der Waals surface area contributed by atoms with Crippen molar-refractivity contribution in [2.45, 2.75) is 13.3 Å². The topological polar surface area (TPSA) is 64.3 Å². The number of benzene rings is 1. The summed E-state index contributed by atoms with van der Waals surface area (Å²) in [5.74, 6) is -0.307. The van der Waals surface area contributed by atoms with E-state index in [0.717, 1.165) is 11.3 Å². The standard InChI is InChI=1S/C13H14N2O3/c1-10-3-2-4-11(7-10)15-9-12(8-14-15)18-6-5-13(16)17/h2-4,7-9H,5-6H2,1H3,(H,16,17). The van der Waals surface area contributed by atoms with Crippen LogP contribution in [0, 0.1) is 6.92 Å². The van der Waals surface area contributed by atoms with Gasteiger partial charge in [-0.25, -0.2) is 4.68 Å². The van der Waals surface area contributed by atoms with Gasteiger partial charge < -0.3 is 9.84 Å². The maximum atomic E-state index is 10.4. The number of aliphatic carboxylic acids is 1. The lowest BCUT2D eigenvalue weighted by Gasteiger charge is -2.02. The molecule has 0 amide bonds. The fourth-order valence-corrected chi connectivity index (χ4v) is 1.55. The normalized spacial score (nSPS) is 10.3. The highest BCUT2D eigenvalue weighted by Crippen LogP contribution is 2.14. The van der Waals surface area contributed by atoms with Crippen molar-refractivity contribution in [1.29, 1.82) is 0 Å². The molecule has 0 unspecified atom stereocenters. The van der Waals surface area contributed by atoms with Gasteiger partial charge in [0.2, 0.25) is 0 Å². The number of carboxylic acids is 1. The van der Waals surface area contributed by atoms with Gasteiger partial charge in [0.05, 0.1) is 31.1 Å². The molecular weight excluding hydrogens is 232 g/mol. The summed E-state index contributed by atoms with van der Waals surface area (Å²) in [6.45, 7) is 2.16. The van der Waals surface area contributed by atoms with Gasteiger partial charge in [0, 0.05) is 0 Å². The van der Waals surface area contributed by atoms with Crippen LogP contribution in [0.4, 0.5) is 0 Å². The number of aryl methyl sites for hydroxylation is 1. The minimum absolute atomic E-state index is 0.0182. The smallest absolute Gasteiger partial charge is 0.306 e. The first-order valence-corrected chi connectivity index (χ1v) is 5.61. The number of ether oxygens (including phenoxy) is 1. The van der Waals surface area contributed by atoms with Crippen molar-refractivity contribution in [2.24, 2.45) is 0 Å². The van der Waals surface area contributed by atoms with Crippen molar-refractivity contribution in [1.82, 2.24) is 9.78 Å². The summed E-state index contributed by atoms with van der Waals surface area (Å²) in [5.41, 5.74) is 2.10. The van der Waals surface area contributed by atoms with Crippen molar-refractivity contribution in [2.75, 3.05) is 6.61 Å². The van der Waals surface area contributed by atoms with Gasteiger partial charge >= 0.3 is 5.97 Å². The number of rotatable bonds is 5. The first kappa shape index (κ1) is 12.2. The zero-order valence-electron chi connectivity index (χ0n) is 10.0. The maximum Gasteiger partial charge on any atom is 0.306 e. The minimum Gasteiger partial charge on any atom is -0.490 e.